The van der Waals surface area contributed by atoms with Gasteiger partial charge in [-0.3, -0.25) is 0 Å². The van der Waals surface area contributed by atoms with E-state index in [1.165, 1.54) is 0 Å². The smallest absolute Gasteiger partial charge is 0.318 e. The Hall–Kier alpha value is -2.43. The largest absolute Gasteiger partial charge is 0.497 e. The van der Waals surface area contributed by atoms with Crippen LogP contribution in [0.15, 0.2) is 47.1 Å². The van der Waals surface area contributed by atoms with Crippen LogP contribution in [0, 0.1) is 0 Å². The van der Waals surface area contributed by atoms with Crippen molar-refractivity contribution in [2.75, 3.05) is 13.7 Å². The number of nitrogens with one attached hydrogen (secondary N) is 1. The first-order valence-corrected chi connectivity index (χ1v) is 7.49. The van der Waals surface area contributed by atoms with Crippen molar-refractivity contribution in [3.63, 3.8) is 0 Å². The molecular weight excluding hydrogens is 280 g/mol. The molecule has 2 aromatic rings. The molecule has 0 radical (unpaired) electrons. The lowest BCUT2D eigenvalue weighted by Crippen LogP contribution is -2.39. The molecule has 1 aromatic heterocycles. The maximum atomic E-state index is 12.4. The van der Waals surface area contributed by atoms with E-state index in [0.29, 0.717) is 6.54 Å². The number of hydrogen-bond acceptors (Lipinski definition) is 3. The van der Waals surface area contributed by atoms with Crippen LogP contribution in [0.4, 0.5) is 4.79 Å². The third kappa shape index (κ3) is 3.08. The monoisotopic (exact) mass is 300 g/mol. The van der Waals surface area contributed by atoms with Gasteiger partial charge < -0.3 is 19.4 Å². The fraction of sp³-hybridized carbons (Fsp3) is 0.353. The molecule has 1 aliphatic rings. The molecule has 1 fully saturated rings. The predicted molar refractivity (Wildman–Crippen MR) is 82.6 cm³/mol. The van der Waals surface area contributed by atoms with Gasteiger partial charge in [-0.2, -0.15) is 0 Å². The summed E-state index contributed by atoms with van der Waals surface area (Å²) in [5.41, 5.74) is 1.02. The topological polar surface area (TPSA) is 54.7 Å². The second-order valence-corrected chi connectivity index (χ2v) is 5.38. The summed E-state index contributed by atoms with van der Waals surface area (Å²) in [5.74, 6) is 1.65. The first-order chi connectivity index (χ1) is 10.8. The van der Waals surface area contributed by atoms with Crippen molar-refractivity contribution in [2.24, 2.45) is 0 Å². The highest BCUT2D eigenvalue weighted by Gasteiger charge is 2.31. The van der Waals surface area contributed by atoms with Gasteiger partial charge in [0.2, 0.25) is 0 Å². The van der Waals surface area contributed by atoms with Crippen molar-refractivity contribution in [1.82, 2.24) is 10.2 Å². The molecular formula is C17H20N2O3. The SMILES string of the molecule is COc1cccc(CNC(=O)N2CCC[C@@H]2c2ccco2)c1. The molecule has 116 valence electrons. The van der Waals surface area contributed by atoms with Gasteiger partial charge >= 0.3 is 6.03 Å². The summed E-state index contributed by atoms with van der Waals surface area (Å²) >= 11 is 0. The summed E-state index contributed by atoms with van der Waals surface area (Å²) in [5, 5.41) is 2.97. The van der Waals surface area contributed by atoms with Crippen molar-refractivity contribution >= 4 is 6.03 Å². The number of likely N-dealkylation sites (tertiary alicyclic amines) is 1. The van der Waals surface area contributed by atoms with Crippen LogP contribution < -0.4 is 10.1 Å². The Morgan fingerprint density at radius 3 is 3.09 bits per heavy atom. The molecule has 1 saturated heterocycles. The van der Waals surface area contributed by atoms with Gasteiger partial charge in [0.05, 0.1) is 19.4 Å². The third-order valence-electron chi connectivity index (χ3n) is 3.96. The van der Waals surface area contributed by atoms with Crippen LogP contribution in [0.2, 0.25) is 0 Å². The molecule has 1 aliphatic heterocycles. The van der Waals surface area contributed by atoms with Gasteiger partial charge in [-0.25, -0.2) is 4.79 Å². The quantitative estimate of drug-likeness (QED) is 0.942. The highest BCUT2D eigenvalue weighted by Crippen LogP contribution is 2.32. The minimum absolute atomic E-state index is 0.0420. The van der Waals surface area contributed by atoms with Crippen molar-refractivity contribution in [2.45, 2.75) is 25.4 Å². The number of urea groups is 1. The summed E-state index contributed by atoms with van der Waals surface area (Å²) in [7, 11) is 1.63. The molecule has 1 atom stereocenters. The van der Waals surface area contributed by atoms with E-state index >= 15 is 0 Å². The van der Waals surface area contributed by atoms with Gasteiger partial charge in [0, 0.05) is 13.1 Å². The Balaban J connectivity index is 1.61. The first-order valence-electron chi connectivity index (χ1n) is 7.49. The number of furan rings is 1. The molecule has 5 heteroatoms. The molecule has 0 spiro atoms. The molecule has 2 amide bonds. The van der Waals surface area contributed by atoms with Crippen molar-refractivity contribution in [3.05, 3.63) is 54.0 Å². The van der Waals surface area contributed by atoms with Gasteiger partial charge in [0.1, 0.15) is 11.5 Å². The summed E-state index contributed by atoms with van der Waals surface area (Å²) in [4.78, 5) is 14.3. The van der Waals surface area contributed by atoms with Crippen LogP contribution in [0.25, 0.3) is 0 Å². The number of amides is 2. The van der Waals surface area contributed by atoms with Crippen LogP contribution in [-0.2, 0) is 6.54 Å². The Kier molecular flexibility index (Phi) is 4.32. The maximum absolute atomic E-state index is 12.4. The molecule has 1 N–H and O–H groups in total. The summed E-state index contributed by atoms with van der Waals surface area (Å²) in [6, 6.07) is 11.5. The highest BCUT2D eigenvalue weighted by atomic mass is 16.5. The highest BCUT2D eigenvalue weighted by molar-refractivity contribution is 5.75. The van der Waals surface area contributed by atoms with E-state index in [2.05, 4.69) is 5.32 Å². The Bertz CT molecular complexity index is 625. The fourth-order valence-corrected chi connectivity index (χ4v) is 2.85. The number of carbonyl (C=O) groups excluding carboxylic acids is 1. The van der Waals surface area contributed by atoms with E-state index in [0.717, 1.165) is 36.5 Å². The van der Waals surface area contributed by atoms with Gasteiger partial charge in [0.25, 0.3) is 0 Å². The van der Waals surface area contributed by atoms with Crippen LogP contribution in [0.3, 0.4) is 0 Å². The second-order valence-electron chi connectivity index (χ2n) is 5.38. The molecule has 0 saturated carbocycles. The summed E-state index contributed by atoms with van der Waals surface area (Å²) in [6.07, 6.45) is 3.60. The van der Waals surface area contributed by atoms with Crippen LogP contribution >= 0.6 is 0 Å². The lowest BCUT2D eigenvalue weighted by Gasteiger charge is -2.23. The maximum Gasteiger partial charge on any atom is 0.318 e. The zero-order valence-electron chi connectivity index (χ0n) is 12.6. The van der Waals surface area contributed by atoms with Crippen molar-refractivity contribution in [3.8, 4) is 5.75 Å². The fourth-order valence-electron chi connectivity index (χ4n) is 2.85. The number of methoxy groups -OCH3 is 1. The number of hydrogen-bond donors (Lipinski definition) is 1. The second kappa shape index (κ2) is 6.56. The average molecular weight is 300 g/mol. The Morgan fingerprint density at radius 1 is 1.41 bits per heavy atom. The van der Waals surface area contributed by atoms with Crippen LogP contribution in [0.1, 0.15) is 30.2 Å². The molecule has 22 heavy (non-hydrogen) atoms. The third-order valence-corrected chi connectivity index (χ3v) is 3.96. The normalized spacial score (nSPS) is 17.5. The van der Waals surface area contributed by atoms with E-state index in [-0.39, 0.29) is 12.1 Å². The average Bonchev–Trinajstić information content (AvgIpc) is 3.23. The predicted octanol–water partition coefficient (Wildman–Crippen LogP) is 3.33. The molecule has 0 aliphatic carbocycles. The van der Waals surface area contributed by atoms with E-state index in [4.69, 9.17) is 9.15 Å². The molecule has 3 rings (SSSR count). The van der Waals surface area contributed by atoms with E-state index in [1.54, 1.807) is 13.4 Å². The Labute approximate surface area is 129 Å². The lowest BCUT2D eigenvalue weighted by molar-refractivity contribution is 0.186. The van der Waals surface area contributed by atoms with Crippen molar-refractivity contribution < 1.29 is 13.9 Å². The lowest BCUT2D eigenvalue weighted by atomic mass is 10.2. The van der Waals surface area contributed by atoms with E-state index in [9.17, 15) is 4.79 Å². The van der Waals surface area contributed by atoms with Crippen LogP contribution in [0.5, 0.6) is 5.75 Å². The summed E-state index contributed by atoms with van der Waals surface area (Å²) in [6.45, 7) is 1.24. The number of ether oxygens (including phenoxy) is 1. The van der Waals surface area contributed by atoms with Gasteiger partial charge in [-0.15, -0.1) is 0 Å². The van der Waals surface area contributed by atoms with Gasteiger partial charge in [-0.1, -0.05) is 12.1 Å². The molecule has 1 aromatic carbocycles. The standard InChI is InChI=1S/C17H20N2O3/c1-21-14-6-2-5-13(11-14)12-18-17(20)19-9-3-7-15(19)16-8-4-10-22-16/h2,4-6,8,10-11,15H,3,7,9,12H2,1H3,(H,18,20)/t15-/m1/s1. The zero-order valence-corrected chi connectivity index (χ0v) is 12.6. The van der Waals surface area contributed by atoms with Gasteiger partial charge in [-0.05, 0) is 42.7 Å². The molecule has 2 heterocycles. The Morgan fingerprint density at radius 2 is 2.32 bits per heavy atom. The summed E-state index contributed by atoms with van der Waals surface area (Å²) < 4.78 is 10.6. The van der Waals surface area contributed by atoms with Gasteiger partial charge in [0.15, 0.2) is 0 Å². The number of carbonyl (C=O) groups is 1. The van der Waals surface area contributed by atoms with E-state index < -0.39 is 0 Å². The van der Waals surface area contributed by atoms with Crippen LogP contribution in [-0.4, -0.2) is 24.6 Å². The molecule has 5 nitrogen and oxygen atoms in total. The van der Waals surface area contributed by atoms with Crippen molar-refractivity contribution in [1.29, 1.82) is 0 Å². The first kappa shape index (κ1) is 14.5. The minimum atomic E-state index is -0.0540. The minimum Gasteiger partial charge on any atom is -0.497 e. The number of rotatable bonds is 4. The molecule has 0 bridgehead atoms. The zero-order chi connectivity index (χ0) is 15.4. The van der Waals surface area contributed by atoms with E-state index in [1.807, 2.05) is 41.3 Å². The molecule has 0 unspecified atom stereocenters. The number of nitrogens with zero attached hydrogens (tertiary/aromatic N) is 1. The number of benzene rings is 1.